The van der Waals surface area contributed by atoms with E-state index in [1.54, 1.807) is 12.2 Å². The van der Waals surface area contributed by atoms with Gasteiger partial charge in [-0.2, -0.15) is 0 Å². The zero-order valence-electron chi connectivity index (χ0n) is 8.02. The molecule has 0 N–H and O–H groups in total. The van der Waals surface area contributed by atoms with E-state index in [-0.39, 0.29) is 19.5 Å². The first-order chi connectivity index (χ1) is 5.85. The van der Waals surface area contributed by atoms with Crippen LogP contribution in [-0.4, -0.2) is 0 Å². The molecule has 1 rings (SSSR count). The largest absolute Gasteiger partial charge is 0.0991 e. The van der Waals surface area contributed by atoms with Crippen LogP contribution in [0.15, 0.2) is 55.6 Å². The normalized spacial score (nSPS) is 7.15. The van der Waals surface area contributed by atoms with Gasteiger partial charge in [-0.05, 0) is 12.0 Å². The summed E-state index contributed by atoms with van der Waals surface area (Å²) in [7, 11) is 0. The molecule has 0 fully saturated rings. The van der Waals surface area contributed by atoms with Gasteiger partial charge in [-0.1, -0.05) is 62.6 Å². The first-order valence-electron chi connectivity index (χ1n) is 4.12. The molecule has 0 aromatic heterocycles. The molecule has 0 heterocycles. The summed E-state index contributed by atoms with van der Waals surface area (Å²) >= 11 is 0. The van der Waals surface area contributed by atoms with E-state index < -0.39 is 0 Å². The molecule has 0 amide bonds. The molecule has 0 aliphatic rings. The Hall–Kier alpha value is -0.677. The summed E-state index contributed by atoms with van der Waals surface area (Å²) in [6.07, 6.45) is 4.42. The number of aryl methyl sites for hydroxylation is 1. The van der Waals surface area contributed by atoms with Crippen LogP contribution in [0.3, 0.4) is 0 Å². The summed E-state index contributed by atoms with van der Waals surface area (Å²) in [4.78, 5) is 0. The second-order valence-electron chi connectivity index (χ2n) is 2.31. The molecule has 0 atom stereocenters. The van der Waals surface area contributed by atoms with Crippen molar-refractivity contribution < 1.29 is 19.5 Å². The van der Waals surface area contributed by atoms with Crippen molar-refractivity contribution in [3.05, 3.63) is 61.2 Å². The SMILES string of the molecule is C=CC=C.CCc1ccccc1.[Ru]. The number of allylic oxidation sites excluding steroid dienone is 2. The van der Waals surface area contributed by atoms with Crippen LogP contribution < -0.4 is 0 Å². The molecular weight excluding hydrogens is 245 g/mol. The second kappa shape index (κ2) is 11.3. The molecule has 0 unspecified atom stereocenters. The average molecular weight is 261 g/mol. The Balaban J connectivity index is 0. The predicted molar refractivity (Wildman–Crippen MR) is 56.2 cm³/mol. The molecule has 0 aliphatic heterocycles. The van der Waals surface area contributed by atoms with E-state index in [0.29, 0.717) is 0 Å². The molecule has 0 saturated heterocycles. The van der Waals surface area contributed by atoms with Crippen LogP contribution in [-0.2, 0) is 25.9 Å². The minimum atomic E-state index is 0. The number of hydrogen-bond donors (Lipinski definition) is 0. The number of hydrogen-bond acceptors (Lipinski definition) is 0. The van der Waals surface area contributed by atoms with E-state index in [4.69, 9.17) is 0 Å². The quantitative estimate of drug-likeness (QED) is 0.563. The topological polar surface area (TPSA) is 0 Å². The first-order valence-corrected chi connectivity index (χ1v) is 4.12. The van der Waals surface area contributed by atoms with Crippen molar-refractivity contribution in [3.63, 3.8) is 0 Å². The van der Waals surface area contributed by atoms with Gasteiger partial charge < -0.3 is 0 Å². The Kier molecular flexibility index (Phi) is 12.9. The van der Waals surface area contributed by atoms with E-state index in [0.717, 1.165) is 6.42 Å². The summed E-state index contributed by atoms with van der Waals surface area (Å²) in [5.74, 6) is 0. The van der Waals surface area contributed by atoms with Crippen LogP contribution in [0.2, 0.25) is 0 Å². The Morgan fingerprint density at radius 2 is 1.54 bits per heavy atom. The zero-order chi connectivity index (χ0) is 9.23. The van der Waals surface area contributed by atoms with E-state index in [9.17, 15) is 0 Å². The van der Waals surface area contributed by atoms with E-state index >= 15 is 0 Å². The average Bonchev–Trinajstić information content (AvgIpc) is 2.19. The van der Waals surface area contributed by atoms with Gasteiger partial charge in [-0.25, -0.2) is 0 Å². The maximum absolute atomic E-state index is 3.36. The summed E-state index contributed by atoms with van der Waals surface area (Å²) in [6.45, 7) is 8.88. The minimum Gasteiger partial charge on any atom is -0.0991 e. The Morgan fingerprint density at radius 3 is 1.77 bits per heavy atom. The van der Waals surface area contributed by atoms with Gasteiger partial charge in [0.15, 0.2) is 0 Å². The van der Waals surface area contributed by atoms with Crippen molar-refractivity contribution in [1.82, 2.24) is 0 Å². The van der Waals surface area contributed by atoms with Crippen LogP contribution in [0.1, 0.15) is 12.5 Å². The van der Waals surface area contributed by atoms with Crippen molar-refractivity contribution in [2.45, 2.75) is 13.3 Å². The molecule has 72 valence electrons. The fraction of sp³-hybridized carbons (Fsp3) is 0.167. The van der Waals surface area contributed by atoms with Gasteiger partial charge in [0.2, 0.25) is 0 Å². The van der Waals surface area contributed by atoms with E-state index in [1.165, 1.54) is 5.56 Å². The molecule has 0 spiro atoms. The van der Waals surface area contributed by atoms with Gasteiger partial charge in [-0.3, -0.25) is 0 Å². The third-order valence-electron chi connectivity index (χ3n) is 1.42. The van der Waals surface area contributed by atoms with Crippen molar-refractivity contribution in [2.24, 2.45) is 0 Å². The van der Waals surface area contributed by atoms with Crippen molar-refractivity contribution in [3.8, 4) is 0 Å². The molecule has 0 bridgehead atoms. The molecule has 1 aromatic carbocycles. The van der Waals surface area contributed by atoms with Gasteiger partial charge >= 0.3 is 0 Å². The summed E-state index contributed by atoms with van der Waals surface area (Å²) in [6, 6.07) is 10.5. The van der Waals surface area contributed by atoms with Crippen LogP contribution in [0.5, 0.6) is 0 Å². The van der Waals surface area contributed by atoms with Gasteiger partial charge in [0.05, 0.1) is 0 Å². The fourth-order valence-corrected chi connectivity index (χ4v) is 0.714. The first kappa shape index (κ1) is 14.8. The van der Waals surface area contributed by atoms with Gasteiger partial charge in [0.1, 0.15) is 0 Å². The minimum absolute atomic E-state index is 0. The van der Waals surface area contributed by atoms with E-state index in [2.05, 4.69) is 44.3 Å². The maximum Gasteiger partial charge on any atom is 0 e. The predicted octanol–water partition coefficient (Wildman–Crippen LogP) is 3.60. The van der Waals surface area contributed by atoms with Crippen molar-refractivity contribution in [1.29, 1.82) is 0 Å². The monoisotopic (exact) mass is 262 g/mol. The zero-order valence-corrected chi connectivity index (χ0v) is 9.75. The third-order valence-corrected chi connectivity index (χ3v) is 1.42. The van der Waals surface area contributed by atoms with E-state index in [1.807, 2.05) is 6.07 Å². The van der Waals surface area contributed by atoms with Crippen molar-refractivity contribution >= 4 is 0 Å². The fourth-order valence-electron chi connectivity index (χ4n) is 0.714. The van der Waals surface area contributed by atoms with Gasteiger partial charge in [-0.15, -0.1) is 0 Å². The number of benzene rings is 1. The summed E-state index contributed by atoms with van der Waals surface area (Å²) < 4.78 is 0. The van der Waals surface area contributed by atoms with Crippen molar-refractivity contribution in [2.75, 3.05) is 0 Å². The third kappa shape index (κ3) is 9.24. The molecule has 0 aliphatic carbocycles. The van der Waals surface area contributed by atoms with Gasteiger partial charge in [0.25, 0.3) is 0 Å². The van der Waals surface area contributed by atoms with Crippen LogP contribution in [0.25, 0.3) is 0 Å². The molecule has 1 heteroatoms. The molecular formula is C12H16Ru. The summed E-state index contributed by atoms with van der Waals surface area (Å²) in [5, 5.41) is 0. The van der Waals surface area contributed by atoms with Gasteiger partial charge in [0, 0.05) is 19.5 Å². The Bertz CT molecular complexity index is 208. The number of rotatable bonds is 2. The maximum atomic E-state index is 3.36. The smallest absolute Gasteiger partial charge is 0 e. The molecule has 0 radical (unpaired) electrons. The molecule has 0 nitrogen and oxygen atoms in total. The van der Waals surface area contributed by atoms with Crippen LogP contribution in [0, 0.1) is 0 Å². The summed E-state index contributed by atoms with van der Waals surface area (Å²) in [5.41, 5.74) is 1.41. The Morgan fingerprint density at radius 1 is 1.08 bits per heavy atom. The Labute approximate surface area is 94.1 Å². The molecule has 13 heavy (non-hydrogen) atoms. The van der Waals surface area contributed by atoms with Crippen LogP contribution >= 0.6 is 0 Å². The van der Waals surface area contributed by atoms with Crippen LogP contribution in [0.4, 0.5) is 0 Å². The molecule has 1 aromatic rings. The second-order valence-corrected chi connectivity index (χ2v) is 2.31. The molecule has 0 saturated carbocycles. The standard InChI is InChI=1S/C8H10.C4H6.Ru/c1-2-8-6-4-3-5-7-8;1-3-4-2;/h3-7H,2H2,1H3;3-4H,1-2H2;.